The van der Waals surface area contributed by atoms with Crippen molar-refractivity contribution in [3.8, 4) is 5.88 Å². The summed E-state index contributed by atoms with van der Waals surface area (Å²) in [6.07, 6.45) is 1.78. The highest BCUT2D eigenvalue weighted by Gasteiger charge is 2.20. The van der Waals surface area contributed by atoms with Gasteiger partial charge >= 0.3 is 4.87 Å². The van der Waals surface area contributed by atoms with Crippen LogP contribution in [0.25, 0.3) is 11.6 Å². The molecule has 0 amide bonds. The third kappa shape index (κ3) is 3.14. The Labute approximate surface area is 163 Å². The van der Waals surface area contributed by atoms with Crippen LogP contribution in [0.1, 0.15) is 22.9 Å². The predicted molar refractivity (Wildman–Crippen MR) is 110 cm³/mol. The van der Waals surface area contributed by atoms with E-state index < -0.39 is 4.92 Å². The molecular weight excluding hydrogens is 378 g/mol. The average molecular weight is 393 g/mol. The van der Waals surface area contributed by atoms with Crippen LogP contribution in [-0.4, -0.2) is 20.3 Å². The Bertz CT molecular complexity index is 1200. The first kappa shape index (κ1) is 17.9. The zero-order chi connectivity index (χ0) is 19.8. The number of non-ortho nitro benzene ring substituents is 1. The normalized spacial score (nSPS) is 14.2. The van der Waals surface area contributed by atoms with Gasteiger partial charge in [0.25, 0.3) is 5.69 Å². The van der Waals surface area contributed by atoms with Gasteiger partial charge in [0.2, 0.25) is 5.88 Å². The van der Waals surface area contributed by atoms with E-state index in [0.717, 1.165) is 33.9 Å². The van der Waals surface area contributed by atoms with Crippen LogP contribution in [0.3, 0.4) is 0 Å². The van der Waals surface area contributed by atoms with Crippen LogP contribution in [0.2, 0.25) is 0 Å². The molecule has 140 valence electrons. The molecule has 4 rings (SSSR count). The largest absolute Gasteiger partial charge is 0.493 e. The summed E-state index contributed by atoms with van der Waals surface area (Å²) in [5.41, 5.74) is 4.18. The second-order valence-electron chi connectivity index (χ2n) is 6.34. The van der Waals surface area contributed by atoms with Gasteiger partial charge in [-0.3, -0.25) is 24.5 Å². The maximum Gasteiger partial charge on any atom is 0.310 e. The van der Waals surface area contributed by atoms with Gasteiger partial charge in [0.05, 0.1) is 22.0 Å². The summed E-state index contributed by atoms with van der Waals surface area (Å²) >= 11 is 0.950. The topological polar surface area (TPSA) is 97.7 Å². The molecule has 0 atom stereocenters. The number of rotatable bonds is 4. The van der Waals surface area contributed by atoms with Crippen LogP contribution >= 0.6 is 11.3 Å². The highest BCUT2D eigenvalue weighted by molar-refractivity contribution is 7.10. The first-order valence-corrected chi connectivity index (χ1v) is 9.28. The number of thiazole rings is 1. The molecule has 1 aliphatic rings. The van der Waals surface area contributed by atoms with Gasteiger partial charge in [-0.25, -0.2) is 0 Å². The molecule has 2 aromatic carbocycles. The van der Waals surface area contributed by atoms with E-state index in [2.05, 4.69) is 4.99 Å². The number of aliphatic imine (C=N–C) groups is 1. The van der Waals surface area contributed by atoms with Crippen molar-refractivity contribution in [2.75, 3.05) is 0 Å². The number of nitro benzene ring substituents is 1. The van der Waals surface area contributed by atoms with Crippen LogP contribution in [-0.2, 0) is 6.54 Å². The van der Waals surface area contributed by atoms with E-state index in [1.165, 1.54) is 16.7 Å². The second kappa shape index (κ2) is 6.90. The summed E-state index contributed by atoms with van der Waals surface area (Å²) in [7, 11) is 0. The molecule has 8 heteroatoms. The van der Waals surface area contributed by atoms with E-state index in [4.69, 9.17) is 0 Å². The number of nitrogens with zero attached hydrogens (tertiary/aromatic N) is 3. The first-order chi connectivity index (χ1) is 13.4. The summed E-state index contributed by atoms with van der Waals surface area (Å²) in [5, 5.41) is 21.3. The van der Waals surface area contributed by atoms with E-state index in [-0.39, 0.29) is 23.0 Å². The van der Waals surface area contributed by atoms with E-state index in [1.807, 2.05) is 31.2 Å². The van der Waals surface area contributed by atoms with Crippen molar-refractivity contribution in [1.29, 1.82) is 0 Å². The lowest BCUT2D eigenvalue weighted by Gasteiger charge is -2.04. The van der Waals surface area contributed by atoms with Crippen molar-refractivity contribution in [3.05, 3.63) is 84.3 Å². The number of nitro groups is 1. The van der Waals surface area contributed by atoms with Gasteiger partial charge < -0.3 is 5.11 Å². The first-order valence-electron chi connectivity index (χ1n) is 8.47. The standard InChI is InChI=1S/C20H15N3O4S/c1-12-16(15-4-2-3-5-17(15)21-12)10-18-19(24)22(20(25)28-18)11-13-6-8-14(9-7-13)23(26)27/h2-10,24H,11H2,1H3/b16-10-. The van der Waals surface area contributed by atoms with E-state index in [1.54, 1.807) is 18.2 Å². The molecule has 0 bridgehead atoms. The summed E-state index contributed by atoms with van der Waals surface area (Å²) < 4.78 is 1.26. The van der Waals surface area contributed by atoms with Crippen LogP contribution in [0, 0.1) is 10.1 Å². The van der Waals surface area contributed by atoms with Crippen molar-refractivity contribution in [3.63, 3.8) is 0 Å². The lowest BCUT2D eigenvalue weighted by atomic mass is 10.0. The highest BCUT2D eigenvalue weighted by Crippen LogP contribution is 2.37. The van der Waals surface area contributed by atoms with Gasteiger partial charge in [-0.15, -0.1) is 0 Å². The molecule has 0 unspecified atom stereocenters. The van der Waals surface area contributed by atoms with E-state index in [0.29, 0.717) is 10.4 Å². The number of fused-ring (bicyclic) bond motifs is 1. The van der Waals surface area contributed by atoms with Crippen LogP contribution < -0.4 is 4.87 Å². The van der Waals surface area contributed by atoms with Gasteiger partial charge in [-0.2, -0.15) is 0 Å². The number of allylic oxidation sites excluding steroid dienone is 1. The fraction of sp³-hybridized carbons (Fsp3) is 0.100. The highest BCUT2D eigenvalue weighted by atomic mass is 32.1. The Morgan fingerprint density at radius 3 is 2.64 bits per heavy atom. The van der Waals surface area contributed by atoms with Crippen LogP contribution in [0.4, 0.5) is 11.4 Å². The molecule has 3 aromatic rings. The molecule has 0 aliphatic carbocycles. The van der Waals surface area contributed by atoms with Crippen LogP contribution in [0.5, 0.6) is 5.88 Å². The van der Waals surface area contributed by atoms with E-state index >= 15 is 0 Å². The van der Waals surface area contributed by atoms with E-state index in [9.17, 15) is 20.0 Å². The van der Waals surface area contributed by atoms with Gasteiger partial charge in [0.1, 0.15) is 0 Å². The van der Waals surface area contributed by atoms with Crippen molar-refractivity contribution < 1.29 is 10.0 Å². The maximum atomic E-state index is 12.4. The van der Waals surface area contributed by atoms with Crippen molar-refractivity contribution in [2.24, 2.45) is 4.99 Å². The minimum atomic E-state index is -0.481. The number of hydrogen-bond donors (Lipinski definition) is 1. The zero-order valence-corrected chi connectivity index (χ0v) is 15.6. The van der Waals surface area contributed by atoms with Gasteiger partial charge in [-0.05, 0) is 24.6 Å². The summed E-state index contributed by atoms with van der Waals surface area (Å²) in [5.74, 6) is -0.127. The smallest absolute Gasteiger partial charge is 0.310 e. The molecule has 0 saturated carbocycles. The SMILES string of the molecule is CC1=Nc2ccccc2/C1=C\c1sc(=O)n(Cc2ccc([N+](=O)[O-])cc2)c1O. The molecule has 1 N–H and O–H groups in total. The molecule has 7 nitrogen and oxygen atoms in total. The maximum absolute atomic E-state index is 12.4. The molecule has 0 fully saturated rings. The predicted octanol–water partition coefficient (Wildman–Crippen LogP) is 4.22. The Balaban J connectivity index is 1.68. The Morgan fingerprint density at radius 1 is 1.21 bits per heavy atom. The monoisotopic (exact) mass is 393 g/mol. The third-order valence-corrected chi connectivity index (χ3v) is 5.44. The molecule has 1 aromatic heterocycles. The van der Waals surface area contributed by atoms with Crippen molar-refractivity contribution in [1.82, 2.24) is 4.57 Å². The zero-order valence-electron chi connectivity index (χ0n) is 14.8. The average Bonchev–Trinajstić information content (AvgIpc) is 3.13. The lowest BCUT2D eigenvalue weighted by Crippen LogP contribution is -2.13. The number of benzene rings is 2. The summed E-state index contributed by atoms with van der Waals surface area (Å²) in [4.78, 5) is 27.3. The minimum absolute atomic E-state index is 0.0225. The number of hydrogen-bond acceptors (Lipinski definition) is 6. The fourth-order valence-electron chi connectivity index (χ4n) is 3.10. The molecule has 0 saturated heterocycles. The Kier molecular flexibility index (Phi) is 4.40. The minimum Gasteiger partial charge on any atom is -0.493 e. The number of aromatic nitrogens is 1. The molecule has 1 aliphatic heterocycles. The molecule has 2 heterocycles. The van der Waals surface area contributed by atoms with Crippen molar-refractivity contribution >= 4 is 40.1 Å². The summed E-state index contributed by atoms with van der Waals surface area (Å²) in [6, 6.07) is 13.6. The summed E-state index contributed by atoms with van der Waals surface area (Å²) in [6.45, 7) is 2.02. The van der Waals surface area contributed by atoms with Gasteiger partial charge in [-0.1, -0.05) is 41.7 Å². The van der Waals surface area contributed by atoms with Crippen molar-refractivity contribution in [2.45, 2.75) is 13.5 Å². The van der Waals surface area contributed by atoms with Gasteiger partial charge in [0, 0.05) is 29.0 Å². The lowest BCUT2D eigenvalue weighted by molar-refractivity contribution is -0.384. The number of para-hydroxylation sites is 1. The third-order valence-electron chi connectivity index (χ3n) is 4.53. The molecule has 0 radical (unpaired) electrons. The van der Waals surface area contributed by atoms with Crippen LogP contribution in [0.15, 0.2) is 58.3 Å². The Morgan fingerprint density at radius 2 is 1.93 bits per heavy atom. The number of aromatic hydroxyl groups is 1. The quantitative estimate of drug-likeness (QED) is 0.530. The molecular formula is C20H15N3O4S. The molecule has 28 heavy (non-hydrogen) atoms. The Hall–Kier alpha value is -3.52. The molecule has 0 spiro atoms. The fourth-order valence-corrected chi connectivity index (χ4v) is 3.93. The second-order valence-corrected chi connectivity index (χ2v) is 7.33. The van der Waals surface area contributed by atoms with Gasteiger partial charge in [0.15, 0.2) is 0 Å².